The second-order valence-electron chi connectivity index (χ2n) is 4.58. The van der Waals surface area contributed by atoms with Crippen LogP contribution in [0, 0.1) is 0 Å². The van der Waals surface area contributed by atoms with Gasteiger partial charge in [-0.05, 0) is 32.9 Å². The molecule has 106 valence electrons. The zero-order valence-electron chi connectivity index (χ0n) is 11.8. The van der Waals surface area contributed by atoms with E-state index in [9.17, 15) is 4.79 Å². The molecule has 1 N–H and O–H groups in total. The van der Waals surface area contributed by atoms with Crippen LogP contribution in [0.1, 0.15) is 31.1 Å². The maximum absolute atomic E-state index is 11.4. The molecule has 5 heteroatoms. The van der Waals surface area contributed by atoms with Crippen molar-refractivity contribution in [1.82, 2.24) is 4.98 Å². The average Bonchev–Trinajstić information content (AvgIpc) is 2.38. The van der Waals surface area contributed by atoms with Gasteiger partial charge in [-0.25, -0.2) is 4.98 Å². The first kappa shape index (κ1) is 15.6. The van der Waals surface area contributed by atoms with Crippen LogP contribution < -0.4 is 4.90 Å². The van der Waals surface area contributed by atoms with Gasteiger partial charge in [0.1, 0.15) is 5.82 Å². The standard InChI is InChI=1S/C14H22N2O3/c1-11(2)16(6-8-19-9-7-17)14-10-13(12(3)18)4-5-15-14/h4-5,10-11,17H,6-9H2,1-3H3. The van der Waals surface area contributed by atoms with E-state index in [0.29, 0.717) is 25.3 Å². The lowest BCUT2D eigenvalue weighted by Gasteiger charge is -2.28. The van der Waals surface area contributed by atoms with Crippen molar-refractivity contribution in [2.24, 2.45) is 0 Å². The van der Waals surface area contributed by atoms with Gasteiger partial charge in [0.2, 0.25) is 0 Å². The number of anilines is 1. The van der Waals surface area contributed by atoms with Crippen LogP contribution in [0.2, 0.25) is 0 Å². The highest BCUT2D eigenvalue weighted by Gasteiger charge is 2.13. The summed E-state index contributed by atoms with van der Waals surface area (Å²) in [6.07, 6.45) is 1.65. The lowest BCUT2D eigenvalue weighted by atomic mass is 10.2. The number of aliphatic hydroxyl groups excluding tert-OH is 1. The number of rotatable bonds is 8. The number of carbonyl (C=O) groups is 1. The van der Waals surface area contributed by atoms with Crippen LogP contribution in [-0.4, -0.2) is 48.3 Å². The predicted molar refractivity (Wildman–Crippen MR) is 74.6 cm³/mol. The van der Waals surface area contributed by atoms with Crippen molar-refractivity contribution in [2.75, 3.05) is 31.3 Å². The molecule has 0 atom stereocenters. The second kappa shape index (κ2) is 7.86. The summed E-state index contributed by atoms with van der Waals surface area (Å²) in [4.78, 5) is 17.8. The van der Waals surface area contributed by atoms with Crippen molar-refractivity contribution in [3.63, 3.8) is 0 Å². The number of carbonyl (C=O) groups excluding carboxylic acids is 1. The van der Waals surface area contributed by atoms with E-state index in [1.165, 1.54) is 0 Å². The van der Waals surface area contributed by atoms with Crippen molar-refractivity contribution in [2.45, 2.75) is 26.8 Å². The molecule has 0 radical (unpaired) electrons. The largest absolute Gasteiger partial charge is 0.394 e. The summed E-state index contributed by atoms with van der Waals surface area (Å²) in [6.45, 7) is 7.23. The van der Waals surface area contributed by atoms with Crippen LogP contribution in [0.4, 0.5) is 5.82 Å². The highest BCUT2D eigenvalue weighted by Crippen LogP contribution is 2.15. The molecule has 0 fully saturated rings. The Kier molecular flexibility index (Phi) is 6.45. The van der Waals surface area contributed by atoms with Crippen LogP contribution in [-0.2, 0) is 4.74 Å². The van der Waals surface area contributed by atoms with Gasteiger partial charge in [-0.3, -0.25) is 4.79 Å². The SMILES string of the molecule is CC(=O)c1ccnc(N(CCOCCO)C(C)C)c1. The molecule has 0 bridgehead atoms. The van der Waals surface area contributed by atoms with Gasteiger partial charge in [-0.1, -0.05) is 0 Å². The number of hydrogen-bond acceptors (Lipinski definition) is 5. The first-order valence-corrected chi connectivity index (χ1v) is 6.48. The predicted octanol–water partition coefficient (Wildman–Crippen LogP) is 1.51. The third kappa shape index (κ3) is 4.96. The smallest absolute Gasteiger partial charge is 0.159 e. The Morgan fingerprint density at radius 1 is 1.47 bits per heavy atom. The maximum Gasteiger partial charge on any atom is 0.159 e. The molecule has 0 aliphatic heterocycles. The normalized spacial score (nSPS) is 10.8. The highest BCUT2D eigenvalue weighted by atomic mass is 16.5. The summed E-state index contributed by atoms with van der Waals surface area (Å²) in [7, 11) is 0. The second-order valence-corrected chi connectivity index (χ2v) is 4.58. The van der Waals surface area contributed by atoms with Gasteiger partial charge in [0.15, 0.2) is 5.78 Å². The fourth-order valence-electron chi connectivity index (χ4n) is 1.76. The fourth-order valence-corrected chi connectivity index (χ4v) is 1.76. The summed E-state index contributed by atoms with van der Waals surface area (Å²) in [6, 6.07) is 3.77. The van der Waals surface area contributed by atoms with E-state index >= 15 is 0 Å². The molecule has 0 aliphatic rings. The highest BCUT2D eigenvalue weighted by molar-refractivity contribution is 5.94. The summed E-state index contributed by atoms with van der Waals surface area (Å²) < 4.78 is 5.28. The van der Waals surface area contributed by atoms with E-state index < -0.39 is 0 Å². The maximum atomic E-state index is 11.4. The Balaban J connectivity index is 2.75. The van der Waals surface area contributed by atoms with Gasteiger partial charge in [0.05, 0.1) is 19.8 Å². The molecular weight excluding hydrogens is 244 g/mol. The molecule has 1 aromatic rings. The Morgan fingerprint density at radius 3 is 2.79 bits per heavy atom. The Morgan fingerprint density at radius 2 is 2.21 bits per heavy atom. The van der Waals surface area contributed by atoms with E-state index in [4.69, 9.17) is 9.84 Å². The average molecular weight is 266 g/mol. The number of aromatic nitrogens is 1. The lowest BCUT2D eigenvalue weighted by Crippen LogP contribution is -2.35. The first-order valence-electron chi connectivity index (χ1n) is 6.48. The number of ketones is 1. The van der Waals surface area contributed by atoms with E-state index in [0.717, 1.165) is 5.82 Å². The van der Waals surface area contributed by atoms with Crippen LogP contribution >= 0.6 is 0 Å². The number of hydrogen-bond donors (Lipinski definition) is 1. The van der Waals surface area contributed by atoms with E-state index in [2.05, 4.69) is 23.7 Å². The van der Waals surface area contributed by atoms with Gasteiger partial charge < -0.3 is 14.7 Å². The number of ether oxygens (including phenoxy) is 1. The fraction of sp³-hybridized carbons (Fsp3) is 0.571. The Hall–Kier alpha value is -1.46. The molecule has 1 rings (SSSR count). The quantitative estimate of drug-likeness (QED) is 0.571. The molecule has 5 nitrogen and oxygen atoms in total. The third-order valence-corrected chi connectivity index (χ3v) is 2.78. The Bertz CT molecular complexity index is 407. The molecule has 1 aromatic heterocycles. The number of aliphatic hydroxyl groups is 1. The van der Waals surface area contributed by atoms with Crippen molar-refractivity contribution in [3.8, 4) is 0 Å². The van der Waals surface area contributed by atoms with E-state index in [1.54, 1.807) is 25.3 Å². The number of Topliss-reactive ketones (excluding diaryl/α,β-unsaturated/α-hetero) is 1. The number of nitrogens with zero attached hydrogens (tertiary/aromatic N) is 2. The molecule has 19 heavy (non-hydrogen) atoms. The molecule has 0 saturated heterocycles. The summed E-state index contributed by atoms with van der Waals surface area (Å²) in [5, 5.41) is 8.67. The first-order chi connectivity index (χ1) is 9.06. The summed E-state index contributed by atoms with van der Waals surface area (Å²) in [5.74, 6) is 0.805. The van der Waals surface area contributed by atoms with Crippen molar-refractivity contribution in [3.05, 3.63) is 23.9 Å². The van der Waals surface area contributed by atoms with Crippen molar-refractivity contribution in [1.29, 1.82) is 0 Å². The molecular formula is C14H22N2O3. The minimum Gasteiger partial charge on any atom is -0.394 e. The molecule has 0 aliphatic carbocycles. The van der Waals surface area contributed by atoms with Gasteiger partial charge in [-0.2, -0.15) is 0 Å². The van der Waals surface area contributed by atoms with Gasteiger partial charge in [-0.15, -0.1) is 0 Å². The lowest BCUT2D eigenvalue weighted by molar-refractivity contribution is 0.0960. The minimum absolute atomic E-state index is 0.0275. The molecule has 0 unspecified atom stereocenters. The van der Waals surface area contributed by atoms with Gasteiger partial charge >= 0.3 is 0 Å². The van der Waals surface area contributed by atoms with Crippen LogP contribution in [0.3, 0.4) is 0 Å². The van der Waals surface area contributed by atoms with Crippen molar-refractivity contribution < 1.29 is 14.6 Å². The van der Waals surface area contributed by atoms with E-state index in [-0.39, 0.29) is 18.4 Å². The summed E-state index contributed by atoms with van der Waals surface area (Å²) >= 11 is 0. The van der Waals surface area contributed by atoms with Gasteiger partial charge in [0.25, 0.3) is 0 Å². The zero-order chi connectivity index (χ0) is 14.3. The van der Waals surface area contributed by atoms with Crippen LogP contribution in [0.5, 0.6) is 0 Å². The molecule has 0 spiro atoms. The molecule has 0 saturated carbocycles. The monoisotopic (exact) mass is 266 g/mol. The third-order valence-electron chi connectivity index (χ3n) is 2.78. The van der Waals surface area contributed by atoms with Crippen molar-refractivity contribution >= 4 is 11.6 Å². The zero-order valence-corrected chi connectivity index (χ0v) is 11.8. The Labute approximate surface area is 114 Å². The topological polar surface area (TPSA) is 62.7 Å². The molecule has 1 heterocycles. The number of pyridine rings is 1. The molecule has 0 aromatic carbocycles. The van der Waals surface area contributed by atoms with Crippen LogP contribution in [0.25, 0.3) is 0 Å². The van der Waals surface area contributed by atoms with E-state index in [1.807, 2.05) is 0 Å². The summed E-state index contributed by atoms with van der Waals surface area (Å²) in [5.41, 5.74) is 0.659. The van der Waals surface area contributed by atoms with Crippen LogP contribution in [0.15, 0.2) is 18.3 Å². The van der Waals surface area contributed by atoms with Gasteiger partial charge in [0, 0.05) is 24.3 Å². The molecule has 0 amide bonds. The minimum atomic E-state index is 0.0275.